The summed E-state index contributed by atoms with van der Waals surface area (Å²) in [5.41, 5.74) is 3.69. The molecular weight excluding hydrogens is 667 g/mol. The maximum absolute atomic E-state index is 14.3. The lowest BCUT2D eigenvalue weighted by Crippen LogP contribution is -2.50. The molecule has 1 amide bonds. The Morgan fingerprint density at radius 2 is 1.85 bits per heavy atom. The molecule has 2 aromatic heterocycles. The number of fused-ring (bicyclic) bond motifs is 3. The van der Waals surface area contributed by atoms with Crippen molar-refractivity contribution in [2.45, 2.75) is 102 Å². The Morgan fingerprint density at radius 3 is 2.60 bits per heavy atom. The van der Waals surface area contributed by atoms with Gasteiger partial charge in [-0.25, -0.2) is 14.5 Å². The van der Waals surface area contributed by atoms with E-state index in [1.54, 1.807) is 9.13 Å². The van der Waals surface area contributed by atoms with Crippen LogP contribution in [0.1, 0.15) is 62.8 Å². The smallest absolute Gasteiger partial charge is 0.345 e. The van der Waals surface area contributed by atoms with Gasteiger partial charge in [0, 0.05) is 56.9 Å². The number of aryl methyl sites for hydroxylation is 4. The Bertz CT molecular complexity index is 2190. The molecule has 15 heteroatoms. The van der Waals surface area contributed by atoms with Crippen molar-refractivity contribution >= 4 is 51.7 Å². The number of anilines is 2. The van der Waals surface area contributed by atoms with Gasteiger partial charge in [0.05, 0.1) is 59.1 Å². The highest BCUT2D eigenvalue weighted by molar-refractivity contribution is 6.58. The Kier molecular flexibility index (Phi) is 9.24. The molecule has 12 nitrogen and oxygen atoms in total. The van der Waals surface area contributed by atoms with E-state index < -0.39 is 16.8 Å². The normalized spacial score (nSPS) is 20.3. The fourth-order valence-electron chi connectivity index (χ4n) is 8.14. The second kappa shape index (κ2) is 13.6. The molecule has 0 N–H and O–H groups in total. The van der Waals surface area contributed by atoms with Gasteiger partial charge in [0.25, 0.3) is 5.56 Å². The van der Waals surface area contributed by atoms with E-state index >= 15 is 0 Å². The van der Waals surface area contributed by atoms with Crippen LogP contribution in [0.4, 0.5) is 11.4 Å². The average Bonchev–Trinajstić information content (AvgIpc) is 3.69. The van der Waals surface area contributed by atoms with Crippen molar-refractivity contribution < 1.29 is 14.3 Å². The number of amides is 1. The van der Waals surface area contributed by atoms with Gasteiger partial charge in [-0.15, -0.1) is 0 Å². The van der Waals surface area contributed by atoms with Gasteiger partial charge in [-0.2, -0.15) is 5.10 Å². The average molecular weight is 711 g/mol. The predicted molar refractivity (Wildman–Crippen MR) is 205 cm³/mol. The van der Waals surface area contributed by atoms with Crippen molar-refractivity contribution in [1.82, 2.24) is 23.9 Å². The van der Waals surface area contributed by atoms with E-state index in [1.807, 2.05) is 43.9 Å². The maximum Gasteiger partial charge on any atom is 0.345 e. The molecule has 4 aromatic rings. The van der Waals surface area contributed by atoms with Crippen LogP contribution in [0.3, 0.4) is 0 Å². The predicted octanol–water partition coefficient (Wildman–Crippen LogP) is 1.95. The van der Waals surface area contributed by atoms with Crippen LogP contribution < -0.4 is 21.0 Å². The van der Waals surface area contributed by atoms with E-state index in [4.69, 9.17) is 38.0 Å². The molecule has 6 radical (unpaired) electrons. The monoisotopic (exact) mass is 711 g/mol. The van der Waals surface area contributed by atoms with Crippen LogP contribution in [-0.4, -0.2) is 97.1 Å². The molecule has 3 aliphatic heterocycles. The number of benzene rings is 2. The number of nitrogens with zero attached hydrogens (tertiary/aromatic N) is 7. The molecular formula is C38H44B3N7O5. The molecule has 270 valence electrons. The van der Waals surface area contributed by atoms with Crippen LogP contribution in [0.5, 0.6) is 0 Å². The summed E-state index contributed by atoms with van der Waals surface area (Å²) in [7, 11) is 17.0. The molecule has 2 aromatic carbocycles. The van der Waals surface area contributed by atoms with Crippen molar-refractivity contribution in [2.24, 2.45) is 5.92 Å². The Hall–Kier alpha value is -4.10. The SMILES string of the molecule is [B]C([B])([B])OC(C)C1CN(c2ccc3c(=O)n(CCc4ccc5c(c4)N(CC4CC4)C(=O)C5(C)C)c(CCn4nc5n(c4=O)CCC5)nc3c2)CCO1. The third kappa shape index (κ3) is 7.02. The molecule has 1 aliphatic carbocycles. The van der Waals surface area contributed by atoms with Gasteiger partial charge in [-0.1, -0.05) is 12.1 Å². The minimum atomic E-state index is -1.77. The van der Waals surface area contributed by atoms with E-state index in [1.165, 1.54) is 4.68 Å². The van der Waals surface area contributed by atoms with Crippen molar-refractivity contribution in [2.75, 3.05) is 36.0 Å². The van der Waals surface area contributed by atoms with E-state index in [0.29, 0.717) is 74.8 Å². The van der Waals surface area contributed by atoms with E-state index in [9.17, 15) is 14.4 Å². The van der Waals surface area contributed by atoms with Crippen LogP contribution in [0.2, 0.25) is 0 Å². The molecule has 8 rings (SSSR count). The van der Waals surface area contributed by atoms with Crippen LogP contribution >= 0.6 is 0 Å². The van der Waals surface area contributed by atoms with Crippen LogP contribution in [0.15, 0.2) is 46.0 Å². The summed E-state index contributed by atoms with van der Waals surface area (Å²) in [5.74, 6) is 2.10. The first-order chi connectivity index (χ1) is 25.3. The number of carbonyl (C=O) groups is 1. The zero-order chi connectivity index (χ0) is 37.2. The van der Waals surface area contributed by atoms with Gasteiger partial charge in [0.15, 0.2) is 0 Å². The molecule has 2 fully saturated rings. The van der Waals surface area contributed by atoms with Crippen LogP contribution in [-0.2, 0) is 58.6 Å². The minimum absolute atomic E-state index is 0.128. The lowest BCUT2D eigenvalue weighted by molar-refractivity contribution is -0.122. The number of morpholine rings is 1. The summed E-state index contributed by atoms with van der Waals surface area (Å²) in [6.45, 7) is 9.53. The molecule has 0 spiro atoms. The van der Waals surface area contributed by atoms with Crippen molar-refractivity contribution in [1.29, 1.82) is 0 Å². The van der Waals surface area contributed by atoms with Gasteiger partial charge in [-0.05, 0) is 93.1 Å². The molecule has 1 saturated heterocycles. The molecule has 53 heavy (non-hydrogen) atoms. The van der Waals surface area contributed by atoms with Crippen molar-refractivity contribution in [3.8, 4) is 0 Å². The van der Waals surface area contributed by atoms with Gasteiger partial charge < -0.3 is 19.3 Å². The lowest BCUT2D eigenvalue weighted by Gasteiger charge is -2.39. The van der Waals surface area contributed by atoms with Crippen molar-refractivity contribution in [3.05, 3.63) is 80.0 Å². The summed E-state index contributed by atoms with van der Waals surface area (Å²) in [4.78, 5) is 50.1. The van der Waals surface area contributed by atoms with E-state index in [0.717, 1.165) is 60.6 Å². The first-order valence-electron chi connectivity index (χ1n) is 18.8. The summed E-state index contributed by atoms with van der Waals surface area (Å²) >= 11 is 0. The fourth-order valence-corrected chi connectivity index (χ4v) is 8.14. The molecule has 2 unspecified atom stereocenters. The minimum Gasteiger partial charge on any atom is -0.397 e. The second-order valence-electron chi connectivity index (χ2n) is 15.7. The zero-order valence-corrected chi connectivity index (χ0v) is 30.8. The summed E-state index contributed by atoms with van der Waals surface area (Å²) in [5, 5.41) is 3.32. The van der Waals surface area contributed by atoms with Gasteiger partial charge >= 0.3 is 5.69 Å². The maximum atomic E-state index is 14.3. The number of ether oxygens (including phenoxy) is 2. The second-order valence-corrected chi connectivity index (χ2v) is 15.7. The molecule has 4 aliphatic rings. The number of carbonyl (C=O) groups excluding carboxylic acids is 1. The van der Waals surface area contributed by atoms with Gasteiger partial charge in [0.2, 0.25) is 5.91 Å². The quantitative estimate of drug-likeness (QED) is 0.205. The number of aromatic nitrogens is 5. The van der Waals surface area contributed by atoms with Crippen LogP contribution in [0.25, 0.3) is 10.9 Å². The van der Waals surface area contributed by atoms with Gasteiger partial charge in [-0.3, -0.25) is 18.7 Å². The third-order valence-corrected chi connectivity index (χ3v) is 11.3. The highest BCUT2D eigenvalue weighted by atomic mass is 16.5. The standard InChI is InChI=1S/C38H44B3N7O5/c1-23(53-38(39,40)41)31-22-44(17-18-52-31)26-9-10-27-29(20-26)42-32(13-16-48-36(51)46-14-4-5-33(46)43-48)45(34(27)49)15-12-24-8-11-28-30(19-24)47(21-25-6-7-25)35(50)37(28,2)3/h8-11,19-20,23,25,31H,4-7,12-18,21-22H2,1-3H3. The summed E-state index contributed by atoms with van der Waals surface area (Å²) in [6.07, 6.45) is 4.16. The molecule has 1 saturated carbocycles. The molecule has 5 heterocycles. The Balaban J connectivity index is 1.09. The number of rotatable bonds is 12. The number of hydrogen-bond donors (Lipinski definition) is 0. The van der Waals surface area contributed by atoms with Crippen LogP contribution in [0, 0.1) is 5.92 Å². The first kappa shape index (κ1) is 35.9. The molecule has 2 atom stereocenters. The zero-order valence-electron chi connectivity index (χ0n) is 30.8. The van der Waals surface area contributed by atoms with Gasteiger partial charge in [0.1, 0.15) is 17.8 Å². The summed E-state index contributed by atoms with van der Waals surface area (Å²) in [6, 6.07) is 12.0. The highest BCUT2D eigenvalue weighted by Gasteiger charge is 2.45. The highest BCUT2D eigenvalue weighted by Crippen LogP contribution is 2.44. The summed E-state index contributed by atoms with van der Waals surface area (Å²) < 4.78 is 16.5. The largest absolute Gasteiger partial charge is 0.397 e. The lowest BCUT2D eigenvalue weighted by atomic mass is 9.52. The Morgan fingerprint density at radius 1 is 1.04 bits per heavy atom. The first-order valence-corrected chi connectivity index (χ1v) is 18.8. The third-order valence-electron chi connectivity index (χ3n) is 11.3. The fraction of sp³-hybridized carbons (Fsp3) is 0.553. The Labute approximate surface area is 313 Å². The van der Waals surface area contributed by atoms with E-state index in [-0.39, 0.29) is 23.3 Å². The topological polar surface area (TPSA) is 117 Å². The van der Waals surface area contributed by atoms with E-state index in [2.05, 4.69) is 28.2 Å². The number of hydrogen-bond acceptors (Lipinski definition) is 8. The van der Waals surface area contributed by atoms with Crippen molar-refractivity contribution in [3.63, 3.8) is 0 Å². The molecule has 0 bridgehead atoms.